The fourth-order valence-electron chi connectivity index (χ4n) is 2.32. The second-order valence-electron chi connectivity index (χ2n) is 5.08. The van der Waals surface area contributed by atoms with Crippen molar-refractivity contribution in [2.24, 2.45) is 5.92 Å². The molecule has 0 fully saturated rings. The van der Waals surface area contributed by atoms with Crippen molar-refractivity contribution in [1.82, 2.24) is 4.90 Å². The van der Waals surface area contributed by atoms with Crippen LogP contribution >= 0.6 is 0 Å². The first-order valence-corrected chi connectivity index (χ1v) is 6.44. The molecule has 1 aromatic rings. The molecule has 0 aliphatic carbocycles. The maximum atomic E-state index is 13.3. The molecule has 1 N–H and O–H groups in total. The molecule has 1 aliphatic heterocycles. The Hall–Kier alpha value is -2.11. The molecule has 2 rings (SSSR count). The third-order valence-corrected chi connectivity index (χ3v) is 3.47. The molecule has 6 heteroatoms. The average molecular weight is 280 g/mol. The Labute approximate surface area is 116 Å². The van der Waals surface area contributed by atoms with Crippen LogP contribution in [0.5, 0.6) is 0 Å². The first-order valence-electron chi connectivity index (χ1n) is 6.44. The third-order valence-electron chi connectivity index (χ3n) is 3.47. The van der Waals surface area contributed by atoms with Gasteiger partial charge < -0.3 is 10.0 Å². The topological polar surface area (TPSA) is 60.9 Å². The minimum Gasteiger partial charge on any atom is -0.481 e. The van der Waals surface area contributed by atoms with E-state index in [9.17, 15) is 14.0 Å². The Kier molecular flexibility index (Phi) is 3.92. The smallest absolute Gasteiger partial charge is 0.324 e. The molecular weight excluding hydrogens is 263 g/mol. The molecule has 2 amide bonds. The van der Waals surface area contributed by atoms with Crippen molar-refractivity contribution in [3.05, 3.63) is 29.6 Å². The third kappa shape index (κ3) is 2.74. The Bertz CT molecular complexity index is 547. The predicted molar refractivity (Wildman–Crippen MR) is 72.3 cm³/mol. The summed E-state index contributed by atoms with van der Waals surface area (Å²) in [6, 6.07) is 4.10. The predicted octanol–water partition coefficient (Wildman–Crippen LogP) is 1.96. The van der Waals surface area contributed by atoms with Crippen LogP contribution in [0.3, 0.4) is 0 Å². The van der Waals surface area contributed by atoms with Crippen LogP contribution in [0.25, 0.3) is 0 Å². The van der Waals surface area contributed by atoms with Gasteiger partial charge in [-0.05, 0) is 24.1 Å². The number of aliphatic carboxylic acids is 1. The number of anilines is 1. The van der Waals surface area contributed by atoms with E-state index in [1.54, 1.807) is 20.0 Å². The van der Waals surface area contributed by atoms with Crippen LogP contribution in [0.2, 0.25) is 0 Å². The van der Waals surface area contributed by atoms with Crippen LogP contribution in [0.1, 0.15) is 12.5 Å². The largest absolute Gasteiger partial charge is 0.481 e. The number of halogens is 1. The van der Waals surface area contributed by atoms with Crippen molar-refractivity contribution in [2.45, 2.75) is 13.3 Å². The number of benzene rings is 1. The highest BCUT2D eigenvalue weighted by atomic mass is 19.1. The van der Waals surface area contributed by atoms with Crippen molar-refractivity contribution in [1.29, 1.82) is 0 Å². The number of urea groups is 1. The number of fused-ring (bicyclic) bond motifs is 1. The molecule has 108 valence electrons. The number of carbonyl (C=O) groups excluding carboxylic acids is 1. The van der Waals surface area contributed by atoms with Crippen LogP contribution in [-0.4, -0.2) is 42.1 Å². The summed E-state index contributed by atoms with van der Waals surface area (Å²) in [5.41, 5.74) is 1.50. The van der Waals surface area contributed by atoms with Crippen molar-refractivity contribution in [3.63, 3.8) is 0 Å². The molecule has 20 heavy (non-hydrogen) atoms. The summed E-state index contributed by atoms with van der Waals surface area (Å²) in [5.74, 6) is -1.97. The van der Waals surface area contributed by atoms with E-state index in [1.165, 1.54) is 21.9 Å². The van der Waals surface area contributed by atoms with E-state index in [2.05, 4.69) is 0 Å². The number of carboxylic acid groups (broad SMARTS) is 1. The molecule has 1 atom stereocenters. The lowest BCUT2D eigenvalue weighted by Gasteiger charge is -2.26. The number of rotatable bonds is 3. The fourth-order valence-corrected chi connectivity index (χ4v) is 2.32. The molecule has 0 saturated heterocycles. The van der Waals surface area contributed by atoms with Crippen molar-refractivity contribution in [2.75, 3.05) is 25.0 Å². The fraction of sp³-hybridized carbons (Fsp3) is 0.429. The molecular formula is C14H17FN2O3. The molecule has 1 unspecified atom stereocenters. The molecule has 5 nitrogen and oxygen atoms in total. The van der Waals surface area contributed by atoms with E-state index in [-0.39, 0.29) is 18.4 Å². The number of carboxylic acids is 1. The highest BCUT2D eigenvalue weighted by Crippen LogP contribution is 2.29. The molecule has 1 aromatic carbocycles. The minimum absolute atomic E-state index is 0.120. The van der Waals surface area contributed by atoms with E-state index >= 15 is 0 Å². The van der Waals surface area contributed by atoms with Gasteiger partial charge in [-0.25, -0.2) is 9.18 Å². The Morgan fingerprint density at radius 2 is 2.20 bits per heavy atom. The number of carbonyl (C=O) groups is 2. The molecule has 0 saturated carbocycles. The van der Waals surface area contributed by atoms with E-state index < -0.39 is 11.9 Å². The molecule has 0 aromatic heterocycles. The Morgan fingerprint density at radius 1 is 1.50 bits per heavy atom. The quantitative estimate of drug-likeness (QED) is 0.920. The first-order chi connectivity index (χ1) is 9.40. The molecule has 0 spiro atoms. The van der Waals surface area contributed by atoms with Gasteiger partial charge in [0.15, 0.2) is 0 Å². The second kappa shape index (κ2) is 5.48. The Balaban J connectivity index is 2.12. The van der Waals surface area contributed by atoms with Crippen LogP contribution < -0.4 is 4.90 Å². The summed E-state index contributed by atoms with van der Waals surface area (Å²) in [6.07, 6.45) is 0.684. The maximum absolute atomic E-state index is 13.3. The minimum atomic E-state index is -0.947. The zero-order chi connectivity index (χ0) is 14.9. The molecule has 1 heterocycles. The van der Waals surface area contributed by atoms with Gasteiger partial charge in [-0.3, -0.25) is 9.69 Å². The van der Waals surface area contributed by atoms with Crippen molar-refractivity contribution < 1.29 is 19.1 Å². The zero-order valence-corrected chi connectivity index (χ0v) is 11.5. The Morgan fingerprint density at radius 3 is 2.85 bits per heavy atom. The number of hydrogen-bond donors (Lipinski definition) is 1. The second-order valence-corrected chi connectivity index (χ2v) is 5.08. The van der Waals surface area contributed by atoms with Gasteiger partial charge in [0.25, 0.3) is 0 Å². The van der Waals surface area contributed by atoms with Gasteiger partial charge in [0, 0.05) is 20.1 Å². The van der Waals surface area contributed by atoms with Crippen LogP contribution in [0.15, 0.2) is 18.2 Å². The standard InChI is InChI=1S/C14H17FN2O3/c1-9(13(18)19)8-16(2)14(20)17-6-5-10-3-4-11(15)7-12(10)17/h3-4,7,9H,5-6,8H2,1-2H3,(H,18,19). The summed E-state index contributed by atoms with van der Waals surface area (Å²) in [7, 11) is 1.55. The van der Waals surface area contributed by atoms with Gasteiger partial charge in [0.2, 0.25) is 0 Å². The molecule has 1 aliphatic rings. The van der Waals surface area contributed by atoms with Gasteiger partial charge in [-0.1, -0.05) is 13.0 Å². The normalized spacial score (nSPS) is 14.8. The van der Waals surface area contributed by atoms with Crippen LogP contribution in [0, 0.1) is 11.7 Å². The number of nitrogens with zero attached hydrogens (tertiary/aromatic N) is 2. The SMILES string of the molecule is CC(CN(C)C(=O)N1CCc2ccc(F)cc21)C(=O)O. The maximum Gasteiger partial charge on any atom is 0.324 e. The lowest BCUT2D eigenvalue weighted by atomic mass is 10.1. The highest BCUT2D eigenvalue weighted by Gasteiger charge is 2.28. The average Bonchev–Trinajstić information content (AvgIpc) is 2.80. The van der Waals surface area contributed by atoms with Crippen molar-refractivity contribution in [3.8, 4) is 0 Å². The van der Waals surface area contributed by atoms with Gasteiger partial charge in [0.1, 0.15) is 5.82 Å². The lowest BCUT2D eigenvalue weighted by molar-refractivity contribution is -0.141. The van der Waals surface area contributed by atoms with Crippen LogP contribution in [0.4, 0.5) is 14.9 Å². The van der Waals surface area contributed by atoms with Gasteiger partial charge in [-0.2, -0.15) is 0 Å². The summed E-state index contributed by atoms with van der Waals surface area (Å²) in [6.45, 7) is 2.16. The van der Waals surface area contributed by atoms with Crippen molar-refractivity contribution >= 4 is 17.7 Å². The van der Waals surface area contributed by atoms with E-state index in [4.69, 9.17) is 5.11 Å². The highest BCUT2D eigenvalue weighted by molar-refractivity contribution is 5.94. The number of amides is 2. The zero-order valence-electron chi connectivity index (χ0n) is 11.5. The van der Waals surface area contributed by atoms with E-state index in [0.29, 0.717) is 18.7 Å². The summed E-state index contributed by atoms with van der Waals surface area (Å²) in [4.78, 5) is 26.0. The summed E-state index contributed by atoms with van der Waals surface area (Å²) >= 11 is 0. The van der Waals surface area contributed by atoms with Crippen LogP contribution in [-0.2, 0) is 11.2 Å². The number of hydrogen-bond acceptors (Lipinski definition) is 2. The molecule has 0 radical (unpaired) electrons. The first kappa shape index (κ1) is 14.3. The van der Waals surface area contributed by atoms with Gasteiger partial charge >= 0.3 is 12.0 Å². The van der Waals surface area contributed by atoms with E-state index in [1.807, 2.05) is 0 Å². The summed E-state index contributed by atoms with van der Waals surface area (Å²) in [5, 5.41) is 8.87. The summed E-state index contributed by atoms with van der Waals surface area (Å²) < 4.78 is 13.3. The van der Waals surface area contributed by atoms with Gasteiger partial charge in [0.05, 0.1) is 11.6 Å². The monoisotopic (exact) mass is 280 g/mol. The molecule has 0 bridgehead atoms. The van der Waals surface area contributed by atoms with E-state index in [0.717, 1.165) is 5.56 Å². The van der Waals surface area contributed by atoms with Gasteiger partial charge in [-0.15, -0.1) is 0 Å². The lowest BCUT2D eigenvalue weighted by Crippen LogP contribution is -2.43.